The first-order valence-corrected chi connectivity index (χ1v) is 5.81. The number of carbonyl (C=O) groups is 1. The zero-order valence-electron chi connectivity index (χ0n) is 10.4. The summed E-state index contributed by atoms with van der Waals surface area (Å²) in [5.41, 5.74) is 5.94. The van der Waals surface area contributed by atoms with Crippen LogP contribution in [0.25, 0.3) is 0 Å². The Kier molecular flexibility index (Phi) is 3.71. The summed E-state index contributed by atoms with van der Waals surface area (Å²) in [6, 6.07) is 9.78. The number of rotatable bonds is 3. The monoisotopic (exact) mass is 261 g/mol. The van der Waals surface area contributed by atoms with Gasteiger partial charge in [0.2, 0.25) is 0 Å². The molecule has 1 atom stereocenters. The predicted molar refractivity (Wildman–Crippen MR) is 68.8 cm³/mol. The van der Waals surface area contributed by atoms with E-state index in [0.29, 0.717) is 5.56 Å². The van der Waals surface area contributed by atoms with Crippen molar-refractivity contribution in [3.8, 4) is 0 Å². The van der Waals surface area contributed by atoms with Gasteiger partial charge in [-0.05, 0) is 24.1 Å². The minimum absolute atomic E-state index is 0.213. The van der Waals surface area contributed by atoms with Crippen molar-refractivity contribution in [3.05, 3.63) is 70.8 Å². The lowest BCUT2D eigenvalue weighted by atomic mass is 9.96. The summed E-state index contributed by atoms with van der Waals surface area (Å²) in [6.07, 6.45) is 0. The highest BCUT2D eigenvalue weighted by atomic mass is 19.1. The molecule has 2 rings (SSSR count). The molecule has 0 aliphatic heterocycles. The Labute approximate surface area is 109 Å². The number of benzene rings is 2. The maximum absolute atomic E-state index is 13.9. The predicted octanol–water partition coefficient (Wildman–Crippen LogP) is 3.16. The largest absolute Gasteiger partial charge is 0.318 e. The molecule has 0 aliphatic carbocycles. The van der Waals surface area contributed by atoms with Gasteiger partial charge in [-0.2, -0.15) is 0 Å². The second-order valence-corrected chi connectivity index (χ2v) is 4.31. The third-order valence-electron chi connectivity index (χ3n) is 2.97. The Morgan fingerprint density at radius 2 is 1.74 bits per heavy atom. The van der Waals surface area contributed by atoms with Gasteiger partial charge in [0, 0.05) is 0 Å². The zero-order valence-corrected chi connectivity index (χ0v) is 10.4. The van der Waals surface area contributed by atoms with Crippen LogP contribution in [-0.4, -0.2) is 5.78 Å². The van der Waals surface area contributed by atoms with E-state index in [2.05, 4.69) is 0 Å². The molecule has 0 amide bonds. The van der Waals surface area contributed by atoms with Crippen LogP contribution in [0.3, 0.4) is 0 Å². The highest BCUT2D eigenvalue weighted by Crippen LogP contribution is 2.22. The third-order valence-corrected chi connectivity index (χ3v) is 2.97. The summed E-state index contributed by atoms with van der Waals surface area (Å²) < 4.78 is 27.5. The van der Waals surface area contributed by atoms with Crippen LogP contribution in [-0.2, 0) is 0 Å². The molecule has 0 aromatic heterocycles. The summed E-state index contributed by atoms with van der Waals surface area (Å²) in [7, 11) is 0. The summed E-state index contributed by atoms with van der Waals surface area (Å²) in [5.74, 6) is -2.50. The number of hydrogen-bond donors (Lipinski definition) is 1. The quantitative estimate of drug-likeness (QED) is 0.862. The van der Waals surface area contributed by atoms with Crippen molar-refractivity contribution < 1.29 is 13.6 Å². The molecule has 98 valence electrons. The second-order valence-electron chi connectivity index (χ2n) is 4.31. The smallest absolute Gasteiger partial charge is 0.189 e. The van der Waals surface area contributed by atoms with Crippen molar-refractivity contribution in [1.82, 2.24) is 0 Å². The van der Waals surface area contributed by atoms with Gasteiger partial charge in [0.25, 0.3) is 0 Å². The molecule has 0 saturated carbocycles. The van der Waals surface area contributed by atoms with E-state index in [1.165, 1.54) is 13.0 Å². The van der Waals surface area contributed by atoms with Gasteiger partial charge in [-0.1, -0.05) is 36.4 Å². The van der Waals surface area contributed by atoms with Gasteiger partial charge in [0.15, 0.2) is 5.78 Å². The normalized spacial score (nSPS) is 12.2. The highest BCUT2D eigenvalue weighted by molar-refractivity contribution is 6.01. The van der Waals surface area contributed by atoms with E-state index >= 15 is 0 Å². The Morgan fingerprint density at radius 1 is 1.11 bits per heavy atom. The Balaban J connectivity index is 2.43. The minimum Gasteiger partial charge on any atom is -0.318 e. The van der Waals surface area contributed by atoms with Crippen molar-refractivity contribution in [2.45, 2.75) is 13.0 Å². The van der Waals surface area contributed by atoms with Gasteiger partial charge in [-0.15, -0.1) is 0 Å². The van der Waals surface area contributed by atoms with Crippen LogP contribution in [0.2, 0.25) is 0 Å². The lowest BCUT2D eigenvalue weighted by Crippen LogP contribution is -2.23. The molecule has 2 aromatic carbocycles. The summed E-state index contributed by atoms with van der Waals surface area (Å²) in [6.45, 7) is 1.47. The van der Waals surface area contributed by atoms with E-state index in [1.54, 1.807) is 30.3 Å². The number of aryl methyl sites for hydroxylation is 1. The first-order valence-electron chi connectivity index (χ1n) is 5.81. The SMILES string of the molecule is Cc1ccc(F)c(C(=O)C(N)c2ccccc2)c1F. The fourth-order valence-corrected chi connectivity index (χ4v) is 1.85. The molecule has 0 aliphatic rings. The molecule has 19 heavy (non-hydrogen) atoms. The number of nitrogens with two attached hydrogens (primary N) is 1. The van der Waals surface area contributed by atoms with Crippen molar-refractivity contribution in [3.63, 3.8) is 0 Å². The molecule has 2 N–H and O–H groups in total. The molecular formula is C15H13F2NO. The number of Topliss-reactive ketones (excluding diaryl/α,β-unsaturated/α-hetero) is 1. The van der Waals surface area contributed by atoms with Gasteiger partial charge in [-0.3, -0.25) is 4.79 Å². The van der Waals surface area contributed by atoms with E-state index in [4.69, 9.17) is 5.73 Å². The zero-order chi connectivity index (χ0) is 14.0. The maximum atomic E-state index is 13.9. The van der Waals surface area contributed by atoms with Crippen molar-refractivity contribution >= 4 is 5.78 Å². The summed E-state index contributed by atoms with van der Waals surface area (Å²) in [5, 5.41) is 0. The van der Waals surface area contributed by atoms with E-state index in [0.717, 1.165) is 6.07 Å². The van der Waals surface area contributed by atoms with Crippen LogP contribution in [0.5, 0.6) is 0 Å². The number of ketones is 1. The lowest BCUT2D eigenvalue weighted by Gasteiger charge is -2.13. The Morgan fingerprint density at radius 3 is 2.37 bits per heavy atom. The van der Waals surface area contributed by atoms with Crippen LogP contribution in [0.1, 0.15) is 27.5 Å². The van der Waals surface area contributed by atoms with Gasteiger partial charge in [-0.25, -0.2) is 8.78 Å². The van der Waals surface area contributed by atoms with Gasteiger partial charge < -0.3 is 5.73 Å². The molecule has 2 aromatic rings. The average Bonchev–Trinajstić information content (AvgIpc) is 2.43. The number of halogens is 2. The van der Waals surface area contributed by atoms with Crippen molar-refractivity contribution in [2.24, 2.45) is 5.73 Å². The molecule has 1 unspecified atom stereocenters. The van der Waals surface area contributed by atoms with E-state index < -0.39 is 29.0 Å². The molecule has 2 nitrogen and oxygen atoms in total. The fraction of sp³-hybridized carbons (Fsp3) is 0.133. The topological polar surface area (TPSA) is 43.1 Å². The Bertz CT molecular complexity index is 611. The third kappa shape index (κ3) is 2.53. The lowest BCUT2D eigenvalue weighted by molar-refractivity contribution is 0.0952. The average molecular weight is 261 g/mol. The second kappa shape index (κ2) is 5.28. The molecular weight excluding hydrogens is 248 g/mol. The van der Waals surface area contributed by atoms with Crippen LogP contribution < -0.4 is 5.73 Å². The van der Waals surface area contributed by atoms with Crippen LogP contribution in [0.15, 0.2) is 42.5 Å². The van der Waals surface area contributed by atoms with Gasteiger partial charge in [0.05, 0.1) is 11.6 Å². The van der Waals surface area contributed by atoms with E-state index in [9.17, 15) is 13.6 Å². The number of carbonyl (C=O) groups excluding carboxylic acids is 1. The van der Waals surface area contributed by atoms with E-state index in [1.807, 2.05) is 0 Å². The van der Waals surface area contributed by atoms with Gasteiger partial charge in [0.1, 0.15) is 11.6 Å². The first-order chi connectivity index (χ1) is 9.02. The highest BCUT2D eigenvalue weighted by Gasteiger charge is 2.25. The summed E-state index contributed by atoms with van der Waals surface area (Å²) in [4.78, 5) is 12.1. The first kappa shape index (κ1) is 13.4. The molecule has 0 bridgehead atoms. The standard InChI is InChI=1S/C15H13F2NO/c1-9-7-8-11(16)12(13(9)17)15(19)14(18)10-5-3-2-4-6-10/h2-8,14H,18H2,1H3. The maximum Gasteiger partial charge on any atom is 0.189 e. The molecule has 0 spiro atoms. The van der Waals surface area contributed by atoms with E-state index in [-0.39, 0.29) is 5.56 Å². The van der Waals surface area contributed by atoms with Crippen molar-refractivity contribution in [1.29, 1.82) is 0 Å². The van der Waals surface area contributed by atoms with Crippen LogP contribution in [0.4, 0.5) is 8.78 Å². The summed E-state index contributed by atoms with van der Waals surface area (Å²) >= 11 is 0. The van der Waals surface area contributed by atoms with Crippen LogP contribution in [0, 0.1) is 18.6 Å². The Hall–Kier alpha value is -2.07. The molecule has 0 heterocycles. The number of hydrogen-bond acceptors (Lipinski definition) is 2. The molecule has 0 saturated heterocycles. The van der Waals surface area contributed by atoms with Crippen molar-refractivity contribution in [2.75, 3.05) is 0 Å². The minimum atomic E-state index is -1.08. The molecule has 0 fully saturated rings. The fourth-order valence-electron chi connectivity index (χ4n) is 1.85. The van der Waals surface area contributed by atoms with Gasteiger partial charge >= 0.3 is 0 Å². The molecule has 0 radical (unpaired) electrons. The van der Waals surface area contributed by atoms with Crippen LogP contribution >= 0.6 is 0 Å². The molecule has 4 heteroatoms.